The van der Waals surface area contributed by atoms with Gasteiger partial charge in [0.05, 0.1) is 41.3 Å². The number of carbonyl (C=O) groups is 4. The number of aromatic nitrogens is 4. The van der Waals surface area contributed by atoms with Crippen LogP contribution < -0.4 is 10.6 Å². The lowest BCUT2D eigenvalue weighted by atomic mass is 9.97. The number of H-pyrrole nitrogens is 2. The van der Waals surface area contributed by atoms with Gasteiger partial charge in [0.15, 0.2) is 0 Å². The summed E-state index contributed by atoms with van der Waals surface area (Å²) in [5.74, 6) is 0.751. The van der Waals surface area contributed by atoms with Crippen molar-refractivity contribution in [3.63, 3.8) is 0 Å². The van der Waals surface area contributed by atoms with Crippen LogP contribution in [0.1, 0.15) is 77.1 Å². The van der Waals surface area contributed by atoms with Gasteiger partial charge in [-0.1, -0.05) is 64.1 Å². The van der Waals surface area contributed by atoms with E-state index in [1.54, 1.807) is 4.90 Å². The summed E-state index contributed by atoms with van der Waals surface area (Å²) in [6, 6.07) is 23.2. The molecule has 4 atom stereocenters. The molecule has 0 bridgehead atoms. The lowest BCUT2D eigenvalue weighted by Gasteiger charge is -2.29. The summed E-state index contributed by atoms with van der Waals surface area (Å²) in [5.41, 5.74) is 7.49. The Hall–Kier alpha value is -6.44. The maximum Gasteiger partial charge on any atom is 0.407 e. The molecule has 1 unspecified atom stereocenters. The molecule has 306 valence electrons. The second-order valence-electron chi connectivity index (χ2n) is 16.4. The molecule has 2 saturated heterocycles. The second-order valence-corrected chi connectivity index (χ2v) is 16.4. The fourth-order valence-electron chi connectivity index (χ4n) is 8.66. The van der Waals surface area contributed by atoms with Crippen LogP contribution in [0, 0.1) is 11.8 Å². The van der Waals surface area contributed by atoms with Gasteiger partial charge in [-0.15, -0.1) is 0 Å². The number of nitrogens with zero attached hydrogens (tertiary/aromatic N) is 4. The fourth-order valence-corrected chi connectivity index (χ4v) is 8.66. The maximum atomic E-state index is 13.7. The van der Waals surface area contributed by atoms with Crippen molar-refractivity contribution >= 4 is 56.8 Å². The molecule has 2 aliphatic rings. The number of imidazole rings is 2. The molecule has 4 amide bonds. The monoisotopic (exact) mass is 798 g/mol. The maximum absolute atomic E-state index is 13.7. The van der Waals surface area contributed by atoms with Crippen molar-refractivity contribution in [3.05, 3.63) is 84.4 Å². The number of methoxy groups -OCH3 is 1. The highest BCUT2D eigenvalue weighted by atomic mass is 16.5. The third kappa shape index (κ3) is 7.78. The van der Waals surface area contributed by atoms with Gasteiger partial charge < -0.3 is 40.2 Å². The number of benzene rings is 4. The van der Waals surface area contributed by atoms with Crippen molar-refractivity contribution in [2.24, 2.45) is 11.8 Å². The third-order valence-corrected chi connectivity index (χ3v) is 11.8. The van der Waals surface area contributed by atoms with Crippen LogP contribution in [0.15, 0.2) is 72.8 Å². The number of nitrogens with one attached hydrogen (secondary N) is 4. The first-order valence-electron chi connectivity index (χ1n) is 20.4. The predicted octanol–water partition coefficient (Wildman–Crippen LogP) is 7.93. The average Bonchev–Trinajstić information content (AvgIpc) is 4.05. The summed E-state index contributed by atoms with van der Waals surface area (Å²) in [4.78, 5) is 71.1. The highest BCUT2D eigenvalue weighted by Gasteiger charge is 2.39. The van der Waals surface area contributed by atoms with Crippen molar-refractivity contribution in [2.45, 2.75) is 77.5 Å². The molecule has 4 aromatic carbocycles. The number of ether oxygens (including phenoxy) is 1. The number of likely N-dealkylation sites (tertiary alicyclic amines) is 2. The predicted molar refractivity (Wildman–Crippen MR) is 225 cm³/mol. The molecule has 14 nitrogen and oxygen atoms in total. The quantitative estimate of drug-likeness (QED) is 0.0925. The summed E-state index contributed by atoms with van der Waals surface area (Å²) >= 11 is 0. The van der Waals surface area contributed by atoms with E-state index in [2.05, 4.69) is 81.3 Å². The van der Waals surface area contributed by atoms with E-state index in [4.69, 9.17) is 14.7 Å². The summed E-state index contributed by atoms with van der Waals surface area (Å²) < 4.78 is 4.78. The van der Waals surface area contributed by atoms with E-state index < -0.39 is 24.3 Å². The Morgan fingerprint density at radius 2 is 1.10 bits per heavy atom. The number of fused-ring (bicyclic) bond motifs is 3. The Balaban J connectivity index is 1.02. The Kier molecular flexibility index (Phi) is 10.7. The van der Waals surface area contributed by atoms with Gasteiger partial charge in [0.1, 0.15) is 23.7 Å². The summed E-state index contributed by atoms with van der Waals surface area (Å²) in [7, 11) is 1.29. The van der Waals surface area contributed by atoms with E-state index in [-0.39, 0.29) is 35.7 Å². The van der Waals surface area contributed by atoms with Crippen LogP contribution in [0.25, 0.3) is 55.1 Å². The van der Waals surface area contributed by atoms with Gasteiger partial charge in [-0.2, -0.15) is 0 Å². The lowest BCUT2D eigenvalue weighted by Crippen LogP contribution is -2.51. The van der Waals surface area contributed by atoms with Gasteiger partial charge in [-0.05, 0) is 107 Å². The molecular formula is C45H50N8O6. The highest BCUT2D eigenvalue weighted by molar-refractivity contribution is 5.93. The van der Waals surface area contributed by atoms with Crippen molar-refractivity contribution in [2.75, 3.05) is 20.2 Å². The zero-order chi connectivity index (χ0) is 41.5. The molecule has 59 heavy (non-hydrogen) atoms. The number of carboxylic acid groups (broad SMARTS) is 1. The Morgan fingerprint density at radius 1 is 0.661 bits per heavy atom. The Morgan fingerprint density at radius 3 is 1.54 bits per heavy atom. The number of hydrogen-bond acceptors (Lipinski definition) is 7. The minimum atomic E-state index is -1.21. The number of carbonyl (C=O) groups excluding carboxylic acids is 3. The molecule has 8 rings (SSSR count). The second kappa shape index (κ2) is 16.1. The molecule has 0 spiro atoms. The fraction of sp³-hybridized carbons (Fsp3) is 0.378. The summed E-state index contributed by atoms with van der Waals surface area (Å²) in [6.45, 7) is 8.62. The number of amides is 4. The van der Waals surface area contributed by atoms with Crippen molar-refractivity contribution < 1.29 is 29.0 Å². The standard InChI is InChI=1S/C45H50N8O6/c1-24(2)38(50-44(56)57)42(54)52-18-6-8-36(52)40-46-32-16-14-29(22-34(32)48-40)27-12-10-26-11-13-28(21-31(26)20-27)30-15-17-33-35(23-30)49-41(47-33)37-9-7-19-53(37)43(55)39(25(3)4)51-45(58)59-5/h10-17,20-25,36-39,50H,6-9,18-19H2,1-5H3,(H,46,48)(H,47,49)(H,51,58)(H,56,57)/t36-,37?,38+,39-/m0/s1. The largest absolute Gasteiger partial charge is 0.465 e. The van der Waals surface area contributed by atoms with E-state index in [1.165, 1.54) is 7.11 Å². The topological polar surface area (TPSA) is 186 Å². The summed E-state index contributed by atoms with van der Waals surface area (Å²) in [6.07, 6.45) is 1.33. The summed E-state index contributed by atoms with van der Waals surface area (Å²) in [5, 5.41) is 16.7. The van der Waals surface area contributed by atoms with Gasteiger partial charge >= 0.3 is 12.2 Å². The van der Waals surface area contributed by atoms with Crippen LogP contribution in [0.5, 0.6) is 0 Å². The van der Waals surface area contributed by atoms with Crippen LogP contribution in [-0.4, -0.2) is 91.1 Å². The molecule has 14 heteroatoms. The van der Waals surface area contributed by atoms with Gasteiger partial charge in [-0.25, -0.2) is 19.6 Å². The number of aromatic amines is 2. The normalized spacial score (nSPS) is 17.9. The first-order valence-corrected chi connectivity index (χ1v) is 20.4. The van der Waals surface area contributed by atoms with Crippen molar-refractivity contribution in [1.82, 2.24) is 40.4 Å². The number of hydrogen-bond donors (Lipinski definition) is 5. The van der Waals surface area contributed by atoms with Gasteiger partial charge in [0.25, 0.3) is 0 Å². The van der Waals surface area contributed by atoms with E-state index >= 15 is 0 Å². The molecule has 4 heterocycles. The molecular weight excluding hydrogens is 749 g/mol. The first-order chi connectivity index (χ1) is 28.4. The van der Waals surface area contributed by atoms with E-state index in [9.17, 15) is 24.3 Å². The molecule has 5 N–H and O–H groups in total. The SMILES string of the molecule is COC(=O)N[C@H](C(=O)N1CCCC1c1nc2cc(-c3ccc4ccc(-c5ccc6[nH]c([C@@H]7CCCN7C(=O)[C@H](NC(=O)O)C(C)C)nc6c5)cc4c3)ccc2[nH]1)C(C)C. The molecule has 0 radical (unpaired) electrons. The van der Waals surface area contributed by atoms with Crippen LogP contribution in [0.3, 0.4) is 0 Å². The molecule has 2 aliphatic heterocycles. The molecule has 0 aliphatic carbocycles. The molecule has 2 aromatic heterocycles. The van der Waals surface area contributed by atoms with Crippen LogP contribution in [-0.2, 0) is 14.3 Å². The van der Waals surface area contributed by atoms with Crippen LogP contribution in [0.4, 0.5) is 9.59 Å². The molecule has 6 aromatic rings. The molecule has 2 fully saturated rings. The van der Waals surface area contributed by atoms with Crippen molar-refractivity contribution in [3.8, 4) is 22.3 Å². The number of alkyl carbamates (subject to hydrolysis) is 1. The smallest absolute Gasteiger partial charge is 0.407 e. The van der Waals surface area contributed by atoms with Gasteiger partial charge in [0, 0.05) is 13.1 Å². The lowest BCUT2D eigenvalue weighted by molar-refractivity contribution is -0.136. The zero-order valence-electron chi connectivity index (χ0n) is 33.9. The Labute approximate surface area is 341 Å². The molecule has 0 saturated carbocycles. The third-order valence-electron chi connectivity index (χ3n) is 11.8. The first kappa shape index (κ1) is 39.4. The van der Waals surface area contributed by atoms with E-state index in [0.717, 1.165) is 86.6 Å². The number of rotatable bonds is 10. The van der Waals surface area contributed by atoms with Crippen LogP contribution >= 0.6 is 0 Å². The van der Waals surface area contributed by atoms with Gasteiger partial charge in [0.2, 0.25) is 11.8 Å². The van der Waals surface area contributed by atoms with E-state index in [0.29, 0.717) is 18.9 Å². The minimum absolute atomic E-state index is 0.115. The average molecular weight is 799 g/mol. The highest BCUT2D eigenvalue weighted by Crippen LogP contribution is 2.36. The van der Waals surface area contributed by atoms with Crippen LogP contribution in [0.2, 0.25) is 0 Å². The van der Waals surface area contributed by atoms with Crippen molar-refractivity contribution in [1.29, 1.82) is 0 Å². The van der Waals surface area contributed by atoms with E-state index in [1.807, 2.05) is 44.7 Å². The Bertz CT molecular complexity index is 2580. The van der Waals surface area contributed by atoms with Gasteiger partial charge in [-0.3, -0.25) is 9.59 Å². The minimum Gasteiger partial charge on any atom is -0.465 e. The zero-order valence-corrected chi connectivity index (χ0v) is 33.9.